The molecule has 5 nitrogen and oxygen atoms in total. The van der Waals surface area contributed by atoms with Crippen LogP contribution in [0.2, 0.25) is 0 Å². The Morgan fingerprint density at radius 2 is 2.09 bits per heavy atom. The van der Waals surface area contributed by atoms with Crippen molar-refractivity contribution >= 4 is 11.9 Å². The minimum absolute atomic E-state index is 0.284. The van der Waals surface area contributed by atoms with E-state index in [1.54, 1.807) is 19.9 Å². The molecule has 5 heteroatoms. The highest BCUT2D eigenvalue weighted by molar-refractivity contribution is 5.89. The Hall–Kier alpha value is -2.35. The van der Waals surface area contributed by atoms with Crippen molar-refractivity contribution in [3.63, 3.8) is 0 Å². The Morgan fingerprint density at radius 1 is 1.36 bits per heavy atom. The number of ether oxygens (including phenoxy) is 1. The normalized spacial score (nSPS) is 11.5. The molecule has 0 heterocycles. The van der Waals surface area contributed by atoms with Crippen LogP contribution in [0.1, 0.15) is 47.7 Å². The lowest BCUT2D eigenvalue weighted by atomic mass is 9.98. The monoisotopic (exact) mass is 303 g/mol. The Morgan fingerprint density at radius 3 is 2.64 bits per heavy atom. The number of carbonyl (C=O) groups excluding carboxylic acids is 1. The van der Waals surface area contributed by atoms with E-state index in [0.717, 1.165) is 30.4 Å². The third-order valence-corrected chi connectivity index (χ3v) is 3.46. The van der Waals surface area contributed by atoms with Gasteiger partial charge in [0.05, 0.1) is 18.2 Å². The van der Waals surface area contributed by atoms with E-state index in [4.69, 9.17) is 15.1 Å². The SMILES string of the molecule is CCOC(=O)C(C#N)CCCCc1ccc(C(=O)O)c(C)c1. The van der Waals surface area contributed by atoms with Crippen molar-refractivity contribution in [1.82, 2.24) is 0 Å². The van der Waals surface area contributed by atoms with Gasteiger partial charge < -0.3 is 9.84 Å². The van der Waals surface area contributed by atoms with Crippen LogP contribution in [0.15, 0.2) is 18.2 Å². The van der Waals surface area contributed by atoms with Gasteiger partial charge in [0, 0.05) is 0 Å². The second-order valence-electron chi connectivity index (χ2n) is 5.13. The number of rotatable bonds is 8. The molecule has 118 valence electrons. The van der Waals surface area contributed by atoms with Crippen molar-refractivity contribution in [1.29, 1.82) is 5.26 Å². The molecule has 0 saturated carbocycles. The Bertz CT molecular complexity index is 575. The Labute approximate surface area is 130 Å². The van der Waals surface area contributed by atoms with Crippen LogP contribution in [-0.2, 0) is 16.0 Å². The number of carbonyl (C=O) groups is 2. The summed E-state index contributed by atoms with van der Waals surface area (Å²) < 4.78 is 4.84. The first-order chi connectivity index (χ1) is 10.5. The average molecular weight is 303 g/mol. The zero-order chi connectivity index (χ0) is 16.5. The molecule has 0 fully saturated rings. The summed E-state index contributed by atoms with van der Waals surface area (Å²) in [4.78, 5) is 22.4. The molecule has 1 N–H and O–H groups in total. The van der Waals surface area contributed by atoms with Crippen LogP contribution in [-0.4, -0.2) is 23.7 Å². The fourth-order valence-corrected chi connectivity index (χ4v) is 2.28. The number of hydrogen-bond donors (Lipinski definition) is 1. The van der Waals surface area contributed by atoms with Gasteiger partial charge in [-0.3, -0.25) is 4.79 Å². The molecule has 22 heavy (non-hydrogen) atoms. The minimum Gasteiger partial charge on any atom is -0.478 e. The zero-order valence-electron chi connectivity index (χ0n) is 13.0. The van der Waals surface area contributed by atoms with Crippen molar-refractivity contribution in [3.05, 3.63) is 34.9 Å². The number of aryl methyl sites for hydroxylation is 2. The van der Waals surface area contributed by atoms with E-state index in [1.807, 2.05) is 18.2 Å². The average Bonchev–Trinajstić information content (AvgIpc) is 2.47. The van der Waals surface area contributed by atoms with E-state index in [-0.39, 0.29) is 6.61 Å². The quantitative estimate of drug-likeness (QED) is 0.589. The van der Waals surface area contributed by atoms with Crippen LogP contribution < -0.4 is 0 Å². The van der Waals surface area contributed by atoms with E-state index in [1.165, 1.54) is 0 Å². The summed E-state index contributed by atoms with van der Waals surface area (Å²) in [7, 11) is 0. The van der Waals surface area contributed by atoms with Crippen LogP contribution in [0.25, 0.3) is 0 Å². The number of carboxylic acid groups (broad SMARTS) is 1. The Balaban J connectivity index is 2.45. The van der Waals surface area contributed by atoms with Crippen molar-refractivity contribution in [3.8, 4) is 6.07 Å². The number of esters is 1. The van der Waals surface area contributed by atoms with E-state index < -0.39 is 17.9 Å². The summed E-state index contributed by atoms with van der Waals surface area (Å²) in [6.45, 7) is 3.78. The number of nitrogens with zero attached hydrogens (tertiary/aromatic N) is 1. The van der Waals surface area contributed by atoms with Crippen molar-refractivity contribution in [2.75, 3.05) is 6.61 Å². The second-order valence-corrected chi connectivity index (χ2v) is 5.13. The van der Waals surface area contributed by atoms with Gasteiger partial charge in [0.25, 0.3) is 0 Å². The van der Waals surface area contributed by atoms with E-state index in [9.17, 15) is 9.59 Å². The van der Waals surface area contributed by atoms with Gasteiger partial charge in [0.1, 0.15) is 5.92 Å². The second kappa shape index (κ2) is 8.83. The standard InChI is InChI=1S/C17H21NO4/c1-3-22-17(21)14(11-18)7-5-4-6-13-8-9-15(16(19)20)12(2)10-13/h8-10,14H,3-7H2,1-2H3,(H,19,20). The molecule has 0 saturated heterocycles. The number of unbranched alkanes of at least 4 members (excludes halogenated alkanes) is 1. The summed E-state index contributed by atoms with van der Waals surface area (Å²) in [5.74, 6) is -2.07. The van der Waals surface area contributed by atoms with Crippen LogP contribution >= 0.6 is 0 Å². The summed E-state index contributed by atoms with van der Waals surface area (Å²) in [6, 6.07) is 7.27. The zero-order valence-corrected chi connectivity index (χ0v) is 13.0. The van der Waals surface area contributed by atoms with Gasteiger partial charge in [-0.1, -0.05) is 18.6 Å². The van der Waals surface area contributed by atoms with Gasteiger partial charge in [-0.15, -0.1) is 0 Å². The summed E-state index contributed by atoms with van der Waals surface area (Å²) in [6.07, 6.45) is 2.86. The van der Waals surface area contributed by atoms with Crippen LogP contribution in [0, 0.1) is 24.2 Å². The number of hydrogen-bond acceptors (Lipinski definition) is 4. The molecule has 1 aromatic rings. The van der Waals surface area contributed by atoms with Gasteiger partial charge in [-0.2, -0.15) is 5.26 Å². The minimum atomic E-state index is -0.921. The maximum Gasteiger partial charge on any atom is 0.335 e. The number of aromatic carboxylic acids is 1. The number of nitriles is 1. The number of benzene rings is 1. The predicted molar refractivity (Wildman–Crippen MR) is 81.4 cm³/mol. The summed E-state index contributed by atoms with van der Waals surface area (Å²) in [5.41, 5.74) is 2.12. The van der Waals surface area contributed by atoms with Gasteiger partial charge in [-0.05, 0) is 50.3 Å². The molecule has 1 atom stereocenters. The third kappa shape index (κ3) is 5.21. The first-order valence-electron chi connectivity index (χ1n) is 7.38. The van der Waals surface area contributed by atoms with E-state index >= 15 is 0 Å². The van der Waals surface area contributed by atoms with Crippen molar-refractivity contribution in [2.45, 2.75) is 39.5 Å². The highest BCUT2D eigenvalue weighted by Gasteiger charge is 2.18. The molecule has 0 aromatic heterocycles. The molecule has 1 rings (SSSR count). The fraction of sp³-hybridized carbons (Fsp3) is 0.471. The third-order valence-electron chi connectivity index (χ3n) is 3.46. The maximum atomic E-state index is 11.5. The maximum absolute atomic E-state index is 11.5. The predicted octanol–water partition coefficient (Wildman–Crippen LogP) is 3.11. The Kier molecular flexibility index (Phi) is 7.11. The highest BCUT2D eigenvalue weighted by Crippen LogP contribution is 2.16. The fourth-order valence-electron chi connectivity index (χ4n) is 2.28. The molecular weight excluding hydrogens is 282 g/mol. The molecule has 0 radical (unpaired) electrons. The van der Waals surface area contributed by atoms with Crippen LogP contribution in [0.5, 0.6) is 0 Å². The summed E-state index contributed by atoms with van der Waals surface area (Å²) >= 11 is 0. The smallest absolute Gasteiger partial charge is 0.335 e. The van der Waals surface area contributed by atoms with Crippen LogP contribution in [0.3, 0.4) is 0 Å². The first kappa shape index (κ1) is 17.7. The molecule has 0 aliphatic rings. The van der Waals surface area contributed by atoms with Gasteiger partial charge in [0.15, 0.2) is 0 Å². The van der Waals surface area contributed by atoms with Gasteiger partial charge in [-0.25, -0.2) is 4.79 Å². The van der Waals surface area contributed by atoms with E-state index in [0.29, 0.717) is 12.0 Å². The van der Waals surface area contributed by atoms with Crippen molar-refractivity contribution < 1.29 is 19.4 Å². The molecule has 0 aliphatic carbocycles. The lowest BCUT2D eigenvalue weighted by Crippen LogP contribution is -2.16. The first-order valence-corrected chi connectivity index (χ1v) is 7.38. The van der Waals surface area contributed by atoms with Gasteiger partial charge >= 0.3 is 11.9 Å². The lowest BCUT2D eigenvalue weighted by Gasteiger charge is -2.08. The van der Waals surface area contributed by atoms with Gasteiger partial charge in [0.2, 0.25) is 0 Å². The van der Waals surface area contributed by atoms with Crippen molar-refractivity contribution in [2.24, 2.45) is 5.92 Å². The largest absolute Gasteiger partial charge is 0.478 e. The molecule has 1 unspecified atom stereocenters. The molecule has 1 aromatic carbocycles. The van der Waals surface area contributed by atoms with E-state index in [2.05, 4.69) is 0 Å². The molecular formula is C17H21NO4. The highest BCUT2D eigenvalue weighted by atomic mass is 16.5. The number of carboxylic acids is 1. The topological polar surface area (TPSA) is 87.4 Å². The summed E-state index contributed by atoms with van der Waals surface area (Å²) in [5, 5.41) is 17.9. The molecule has 0 aliphatic heterocycles. The van der Waals surface area contributed by atoms with Crippen LogP contribution in [0.4, 0.5) is 0 Å². The molecule has 0 spiro atoms. The molecule has 0 amide bonds. The molecule has 0 bridgehead atoms. The lowest BCUT2D eigenvalue weighted by molar-refractivity contribution is -0.146.